The molecule has 15 heavy (non-hydrogen) atoms. The average molecular weight is 249 g/mol. The van der Waals surface area contributed by atoms with E-state index in [2.05, 4.69) is 10.2 Å². The van der Waals surface area contributed by atoms with Crippen molar-refractivity contribution in [2.75, 3.05) is 32.9 Å². The van der Waals surface area contributed by atoms with Crippen LogP contribution in [0.3, 0.4) is 0 Å². The Kier molecular flexibility index (Phi) is 3.97. The number of nitrogens with zero attached hydrogens (tertiary/aromatic N) is 1. The first-order chi connectivity index (χ1) is 7.31. The van der Waals surface area contributed by atoms with Gasteiger partial charge in [-0.15, -0.1) is 11.3 Å². The van der Waals surface area contributed by atoms with E-state index in [-0.39, 0.29) is 12.7 Å². The maximum atomic E-state index is 13.0. The summed E-state index contributed by atoms with van der Waals surface area (Å²) in [5, 5.41) is 3.26. The summed E-state index contributed by atoms with van der Waals surface area (Å²) in [6, 6.07) is 3.66. The van der Waals surface area contributed by atoms with Crippen molar-refractivity contribution in [1.82, 2.24) is 10.2 Å². The number of piperazine rings is 1. The highest BCUT2D eigenvalue weighted by molar-refractivity contribution is 7.16. The topological polar surface area (TPSA) is 15.3 Å². The summed E-state index contributed by atoms with van der Waals surface area (Å²) in [5.41, 5.74) is 0. The highest BCUT2D eigenvalue weighted by Crippen LogP contribution is 2.30. The number of rotatable bonds is 3. The van der Waals surface area contributed by atoms with Crippen LogP contribution >= 0.6 is 22.9 Å². The Morgan fingerprint density at radius 3 is 2.73 bits per heavy atom. The van der Waals surface area contributed by atoms with Crippen molar-refractivity contribution in [1.29, 1.82) is 0 Å². The van der Waals surface area contributed by atoms with Gasteiger partial charge in [-0.05, 0) is 12.1 Å². The predicted molar refractivity (Wildman–Crippen MR) is 62.5 cm³/mol. The number of thiophene rings is 1. The zero-order chi connectivity index (χ0) is 10.7. The van der Waals surface area contributed by atoms with Gasteiger partial charge in [0.2, 0.25) is 0 Å². The van der Waals surface area contributed by atoms with E-state index in [4.69, 9.17) is 11.6 Å². The standard InChI is InChI=1S/C10H14ClFN2S/c11-10-2-1-9(15-10)8(7-12)14-5-3-13-4-6-14/h1-2,8,13H,3-7H2/t8-/m0/s1. The summed E-state index contributed by atoms with van der Waals surface area (Å²) >= 11 is 7.34. The highest BCUT2D eigenvalue weighted by Gasteiger charge is 2.23. The van der Waals surface area contributed by atoms with Crippen LogP contribution in [-0.4, -0.2) is 37.8 Å². The van der Waals surface area contributed by atoms with Crippen molar-refractivity contribution < 1.29 is 4.39 Å². The van der Waals surface area contributed by atoms with Crippen molar-refractivity contribution >= 4 is 22.9 Å². The van der Waals surface area contributed by atoms with Crippen molar-refractivity contribution in [3.8, 4) is 0 Å². The lowest BCUT2D eigenvalue weighted by Gasteiger charge is -2.32. The Hall–Kier alpha value is -0.160. The molecule has 0 aliphatic carbocycles. The van der Waals surface area contributed by atoms with Crippen molar-refractivity contribution in [3.63, 3.8) is 0 Å². The normalized spacial score (nSPS) is 20.4. The number of nitrogens with one attached hydrogen (secondary N) is 1. The molecule has 1 N–H and O–H groups in total. The average Bonchev–Trinajstić information content (AvgIpc) is 2.68. The zero-order valence-corrected chi connectivity index (χ0v) is 9.95. The van der Waals surface area contributed by atoms with Gasteiger partial charge >= 0.3 is 0 Å². The lowest BCUT2D eigenvalue weighted by Crippen LogP contribution is -2.45. The molecule has 1 fully saturated rings. The van der Waals surface area contributed by atoms with Gasteiger partial charge in [-0.1, -0.05) is 11.6 Å². The van der Waals surface area contributed by atoms with Gasteiger partial charge in [0.25, 0.3) is 0 Å². The van der Waals surface area contributed by atoms with Crippen LogP contribution in [-0.2, 0) is 0 Å². The zero-order valence-electron chi connectivity index (χ0n) is 8.38. The molecular weight excluding hydrogens is 235 g/mol. The van der Waals surface area contributed by atoms with Gasteiger partial charge < -0.3 is 5.32 Å². The van der Waals surface area contributed by atoms with Gasteiger partial charge in [0.15, 0.2) is 0 Å². The lowest BCUT2D eigenvalue weighted by molar-refractivity contribution is 0.150. The molecule has 0 aromatic carbocycles. The quantitative estimate of drug-likeness (QED) is 0.883. The summed E-state index contributed by atoms with van der Waals surface area (Å²) in [7, 11) is 0. The monoisotopic (exact) mass is 248 g/mol. The Morgan fingerprint density at radius 2 is 2.20 bits per heavy atom. The molecule has 5 heteroatoms. The van der Waals surface area contributed by atoms with Gasteiger partial charge in [0.1, 0.15) is 6.67 Å². The first-order valence-electron chi connectivity index (χ1n) is 5.07. The van der Waals surface area contributed by atoms with E-state index in [1.54, 1.807) is 0 Å². The predicted octanol–water partition coefficient (Wildman–Crippen LogP) is 2.32. The third kappa shape index (κ3) is 2.69. The Bertz CT molecular complexity index is 312. The van der Waals surface area contributed by atoms with Crippen LogP contribution in [0.15, 0.2) is 12.1 Å². The highest BCUT2D eigenvalue weighted by atomic mass is 35.5. The molecule has 0 saturated carbocycles. The Morgan fingerprint density at radius 1 is 1.47 bits per heavy atom. The smallest absolute Gasteiger partial charge is 0.110 e. The fraction of sp³-hybridized carbons (Fsp3) is 0.600. The molecule has 1 aliphatic heterocycles. The van der Waals surface area contributed by atoms with Crippen LogP contribution in [0.25, 0.3) is 0 Å². The maximum absolute atomic E-state index is 13.0. The van der Waals surface area contributed by atoms with Crippen LogP contribution < -0.4 is 5.32 Å². The molecule has 1 atom stereocenters. The van der Waals surface area contributed by atoms with Gasteiger partial charge in [-0.25, -0.2) is 4.39 Å². The molecule has 1 aromatic rings. The molecule has 0 unspecified atom stereocenters. The summed E-state index contributed by atoms with van der Waals surface area (Å²) in [6.07, 6.45) is 0. The van der Waals surface area contributed by atoms with E-state index < -0.39 is 0 Å². The van der Waals surface area contributed by atoms with Crippen LogP contribution in [0.1, 0.15) is 10.9 Å². The molecule has 1 aliphatic rings. The van der Waals surface area contributed by atoms with Crippen LogP contribution in [0.5, 0.6) is 0 Å². The molecule has 1 aromatic heterocycles. The minimum Gasteiger partial charge on any atom is -0.314 e. The van der Waals surface area contributed by atoms with Crippen LogP contribution in [0.4, 0.5) is 4.39 Å². The van der Waals surface area contributed by atoms with Crippen molar-refractivity contribution in [2.45, 2.75) is 6.04 Å². The first kappa shape index (κ1) is 11.3. The SMILES string of the molecule is FC[C@@H](c1ccc(Cl)s1)N1CCNCC1. The fourth-order valence-electron chi connectivity index (χ4n) is 1.85. The number of alkyl halides is 1. The van der Waals surface area contributed by atoms with Crippen LogP contribution in [0, 0.1) is 0 Å². The number of halogens is 2. The molecule has 0 amide bonds. The molecule has 1 saturated heterocycles. The Labute approximate surface area is 98.0 Å². The van der Waals surface area contributed by atoms with E-state index in [0.29, 0.717) is 0 Å². The van der Waals surface area contributed by atoms with E-state index in [0.717, 1.165) is 35.4 Å². The number of hydrogen-bond acceptors (Lipinski definition) is 3. The molecule has 0 bridgehead atoms. The third-order valence-corrected chi connectivity index (χ3v) is 3.99. The second-order valence-corrected chi connectivity index (χ2v) is 5.34. The summed E-state index contributed by atoms with van der Waals surface area (Å²) in [4.78, 5) is 3.21. The molecule has 2 nitrogen and oxygen atoms in total. The van der Waals surface area contributed by atoms with E-state index in [1.165, 1.54) is 11.3 Å². The molecule has 0 radical (unpaired) electrons. The minimum atomic E-state index is -0.336. The van der Waals surface area contributed by atoms with Gasteiger partial charge in [0, 0.05) is 31.1 Å². The maximum Gasteiger partial charge on any atom is 0.110 e. The molecule has 2 rings (SSSR count). The molecule has 0 spiro atoms. The fourth-order valence-corrected chi connectivity index (χ4v) is 3.03. The van der Waals surface area contributed by atoms with E-state index in [9.17, 15) is 4.39 Å². The summed E-state index contributed by atoms with van der Waals surface area (Å²) < 4.78 is 13.8. The number of hydrogen-bond donors (Lipinski definition) is 1. The second-order valence-electron chi connectivity index (χ2n) is 3.60. The molecule has 84 valence electrons. The van der Waals surface area contributed by atoms with E-state index >= 15 is 0 Å². The largest absolute Gasteiger partial charge is 0.314 e. The van der Waals surface area contributed by atoms with Gasteiger partial charge in [-0.2, -0.15) is 0 Å². The first-order valence-corrected chi connectivity index (χ1v) is 6.26. The minimum absolute atomic E-state index is 0.107. The molecular formula is C10H14ClFN2S. The molecule has 2 heterocycles. The van der Waals surface area contributed by atoms with Crippen molar-refractivity contribution in [3.05, 3.63) is 21.3 Å². The van der Waals surface area contributed by atoms with Crippen molar-refractivity contribution in [2.24, 2.45) is 0 Å². The van der Waals surface area contributed by atoms with E-state index in [1.807, 2.05) is 12.1 Å². The van der Waals surface area contributed by atoms with Gasteiger partial charge in [0.05, 0.1) is 10.4 Å². The van der Waals surface area contributed by atoms with Crippen LogP contribution in [0.2, 0.25) is 4.34 Å². The lowest BCUT2D eigenvalue weighted by atomic mass is 10.2. The summed E-state index contributed by atoms with van der Waals surface area (Å²) in [5.74, 6) is 0. The Balaban J connectivity index is 2.08. The third-order valence-electron chi connectivity index (χ3n) is 2.66. The van der Waals surface area contributed by atoms with Gasteiger partial charge in [-0.3, -0.25) is 4.90 Å². The second kappa shape index (κ2) is 5.25. The summed E-state index contributed by atoms with van der Waals surface area (Å²) in [6.45, 7) is 3.36.